The summed E-state index contributed by atoms with van der Waals surface area (Å²) in [5, 5.41) is 3.53. The molecule has 3 aliphatic rings. The van der Waals surface area contributed by atoms with Gasteiger partial charge in [-0.3, -0.25) is 4.79 Å². The predicted octanol–water partition coefficient (Wildman–Crippen LogP) is 1.95. The van der Waals surface area contributed by atoms with Crippen molar-refractivity contribution < 1.29 is 4.79 Å². The first-order chi connectivity index (χ1) is 11.6. The Morgan fingerprint density at radius 2 is 2.04 bits per heavy atom. The smallest absolute Gasteiger partial charge is 0.223 e. The molecular weight excluding hydrogens is 300 g/mol. The van der Waals surface area contributed by atoms with Gasteiger partial charge in [0, 0.05) is 56.8 Å². The third-order valence-corrected chi connectivity index (χ3v) is 5.61. The molecule has 2 saturated heterocycles. The van der Waals surface area contributed by atoms with Crippen LogP contribution in [0.3, 0.4) is 0 Å². The van der Waals surface area contributed by atoms with Crippen molar-refractivity contribution in [3.05, 3.63) is 23.4 Å². The van der Waals surface area contributed by atoms with Gasteiger partial charge in [0.25, 0.3) is 0 Å². The summed E-state index contributed by atoms with van der Waals surface area (Å²) in [5.41, 5.74) is 2.42. The van der Waals surface area contributed by atoms with E-state index in [1.165, 1.54) is 24.1 Å². The van der Waals surface area contributed by atoms with Gasteiger partial charge in [-0.2, -0.15) is 0 Å². The average Bonchev–Trinajstić information content (AvgIpc) is 2.82. The lowest BCUT2D eigenvalue weighted by molar-refractivity contribution is -0.132. The number of carbonyl (C=O) groups excluding carboxylic acids is 1. The van der Waals surface area contributed by atoms with E-state index in [-0.39, 0.29) is 5.91 Å². The lowest BCUT2D eigenvalue weighted by Crippen LogP contribution is -2.52. The molecule has 5 heteroatoms. The summed E-state index contributed by atoms with van der Waals surface area (Å²) in [6, 6.07) is 5.57. The number of pyridine rings is 1. The van der Waals surface area contributed by atoms with E-state index in [9.17, 15) is 4.79 Å². The predicted molar refractivity (Wildman–Crippen MR) is 95.0 cm³/mol. The lowest BCUT2D eigenvalue weighted by Gasteiger charge is -2.37. The minimum absolute atomic E-state index is 0.278. The van der Waals surface area contributed by atoms with Crippen molar-refractivity contribution in [2.75, 3.05) is 24.5 Å². The quantitative estimate of drug-likeness (QED) is 0.921. The number of aromatic nitrogens is 1. The average molecular weight is 328 g/mol. The molecule has 0 saturated carbocycles. The summed E-state index contributed by atoms with van der Waals surface area (Å²) >= 11 is 0. The normalized spacial score (nSPS) is 26.0. The van der Waals surface area contributed by atoms with Crippen LogP contribution in [0.2, 0.25) is 0 Å². The Morgan fingerprint density at radius 1 is 1.29 bits per heavy atom. The van der Waals surface area contributed by atoms with Gasteiger partial charge in [0.1, 0.15) is 5.82 Å². The van der Waals surface area contributed by atoms with Crippen LogP contribution in [0.5, 0.6) is 0 Å². The number of amides is 1. The van der Waals surface area contributed by atoms with E-state index < -0.39 is 0 Å². The minimum Gasteiger partial charge on any atom is -0.348 e. The van der Waals surface area contributed by atoms with E-state index in [0.29, 0.717) is 24.4 Å². The summed E-state index contributed by atoms with van der Waals surface area (Å²) in [4.78, 5) is 21.8. The summed E-state index contributed by atoms with van der Waals surface area (Å²) in [5.74, 6) is 1.84. The highest BCUT2D eigenvalue weighted by Gasteiger charge is 2.37. The molecule has 0 radical (unpaired) electrons. The Labute approximate surface area is 144 Å². The fraction of sp³-hybridized carbons (Fsp3) is 0.684. The van der Waals surface area contributed by atoms with Crippen LogP contribution in [-0.4, -0.2) is 47.5 Å². The number of hydrogen-bond donors (Lipinski definition) is 1. The summed E-state index contributed by atoms with van der Waals surface area (Å²) in [7, 11) is 0. The summed E-state index contributed by atoms with van der Waals surface area (Å²) < 4.78 is 0. The fourth-order valence-corrected chi connectivity index (χ4v) is 4.39. The summed E-state index contributed by atoms with van der Waals surface area (Å²) in [6.07, 6.45) is 4.07. The third-order valence-electron chi connectivity index (χ3n) is 5.61. The second kappa shape index (κ2) is 6.36. The van der Waals surface area contributed by atoms with Crippen molar-refractivity contribution in [3.63, 3.8) is 0 Å². The molecule has 5 nitrogen and oxygen atoms in total. The van der Waals surface area contributed by atoms with Crippen LogP contribution in [0.25, 0.3) is 0 Å². The fourth-order valence-electron chi connectivity index (χ4n) is 4.39. The molecule has 4 rings (SSSR count). The van der Waals surface area contributed by atoms with Crippen LogP contribution in [-0.2, 0) is 17.8 Å². The largest absolute Gasteiger partial charge is 0.348 e. The van der Waals surface area contributed by atoms with E-state index in [1.54, 1.807) is 0 Å². The van der Waals surface area contributed by atoms with Gasteiger partial charge < -0.3 is 15.1 Å². The molecule has 0 spiro atoms. The van der Waals surface area contributed by atoms with Gasteiger partial charge in [-0.25, -0.2) is 4.98 Å². The molecule has 2 atom stereocenters. The van der Waals surface area contributed by atoms with Gasteiger partial charge in [0.2, 0.25) is 5.91 Å². The van der Waals surface area contributed by atoms with Crippen LogP contribution in [0.4, 0.5) is 5.82 Å². The third kappa shape index (κ3) is 2.90. The minimum atomic E-state index is 0.278. The number of hydrogen-bond acceptors (Lipinski definition) is 4. The highest BCUT2D eigenvalue weighted by Crippen LogP contribution is 2.32. The van der Waals surface area contributed by atoms with E-state index in [0.717, 1.165) is 38.4 Å². The van der Waals surface area contributed by atoms with Gasteiger partial charge in [0.05, 0.1) is 0 Å². The zero-order chi connectivity index (χ0) is 16.7. The molecule has 24 heavy (non-hydrogen) atoms. The number of rotatable bonds is 3. The molecule has 2 fully saturated rings. The first-order valence-electron chi connectivity index (χ1n) is 9.37. The molecule has 0 aromatic carbocycles. The Bertz CT molecular complexity index is 614. The Kier molecular flexibility index (Phi) is 4.21. The van der Waals surface area contributed by atoms with E-state index in [4.69, 9.17) is 4.98 Å². The molecule has 1 N–H and O–H groups in total. The Morgan fingerprint density at radius 3 is 2.75 bits per heavy atom. The summed E-state index contributed by atoms with van der Waals surface area (Å²) in [6.45, 7) is 7.89. The van der Waals surface area contributed by atoms with Crippen LogP contribution in [0, 0.1) is 5.92 Å². The zero-order valence-corrected chi connectivity index (χ0v) is 14.8. The maximum atomic E-state index is 12.3. The van der Waals surface area contributed by atoms with Crippen molar-refractivity contribution in [2.45, 2.75) is 58.2 Å². The Hall–Kier alpha value is -1.62. The molecular formula is C19H28N4O. The Balaban J connectivity index is 1.50. The number of anilines is 1. The standard InChI is InChI=1S/C19H28N4O/c1-13(2)9-19(24)22-8-7-17-14(12-22)3-6-18(21-17)23-15-4-5-16(23)11-20-10-15/h3,6,13,15-16,20H,4-5,7-12H2,1-2H3. The van der Waals surface area contributed by atoms with Crippen LogP contribution in [0.15, 0.2) is 12.1 Å². The van der Waals surface area contributed by atoms with Crippen LogP contribution >= 0.6 is 0 Å². The highest BCUT2D eigenvalue weighted by molar-refractivity contribution is 5.76. The highest BCUT2D eigenvalue weighted by atomic mass is 16.2. The number of piperazine rings is 1. The molecule has 2 bridgehead atoms. The van der Waals surface area contributed by atoms with Crippen molar-refractivity contribution >= 4 is 11.7 Å². The van der Waals surface area contributed by atoms with Crippen LogP contribution < -0.4 is 10.2 Å². The first kappa shape index (κ1) is 15.9. The lowest BCUT2D eigenvalue weighted by atomic mass is 10.0. The second-order valence-electron chi connectivity index (χ2n) is 7.89. The molecule has 1 aromatic heterocycles. The number of carbonyl (C=O) groups is 1. The first-order valence-corrected chi connectivity index (χ1v) is 9.37. The maximum absolute atomic E-state index is 12.3. The monoisotopic (exact) mass is 328 g/mol. The maximum Gasteiger partial charge on any atom is 0.223 e. The van der Waals surface area contributed by atoms with Gasteiger partial charge in [0.15, 0.2) is 0 Å². The van der Waals surface area contributed by atoms with Crippen molar-refractivity contribution in [3.8, 4) is 0 Å². The van der Waals surface area contributed by atoms with Gasteiger partial charge in [-0.15, -0.1) is 0 Å². The van der Waals surface area contributed by atoms with Gasteiger partial charge in [-0.05, 0) is 30.4 Å². The number of nitrogens with one attached hydrogen (secondary N) is 1. The topological polar surface area (TPSA) is 48.5 Å². The van der Waals surface area contributed by atoms with Crippen LogP contribution in [0.1, 0.15) is 44.4 Å². The molecule has 4 heterocycles. The number of fused-ring (bicyclic) bond motifs is 3. The molecule has 1 aromatic rings. The van der Waals surface area contributed by atoms with E-state index >= 15 is 0 Å². The zero-order valence-electron chi connectivity index (χ0n) is 14.8. The molecule has 3 aliphatic heterocycles. The molecule has 0 aliphatic carbocycles. The number of nitrogens with zero attached hydrogens (tertiary/aromatic N) is 3. The molecule has 1 amide bonds. The SMILES string of the molecule is CC(C)CC(=O)N1CCc2nc(N3C4CCC3CNC4)ccc2C1. The van der Waals surface area contributed by atoms with Crippen molar-refractivity contribution in [1.82, 2.24) is 15.2 Å². The van der Waals surface area contributed by atoms with E-state index in [2.05, 4.69) is 36.2 Å². The van der Waals surface area contributed by atoms with E-state index in [1.807, 2.05) is 4.90 Å². The molecule has 130 valence electrons. The van der Waals surface area contributed by atoms with Crippen molar-refractivity contribution in [1.29, 1.82) is 0 Å². The molecule has 2 unspecified atom stereocenters. The van der Waals surface area contributed by atoms with Gasteiger partial charge >= 0.3 is 0 Å². The van der Waals surface area contributed by atoms with Gasteiger partial charge in [-0.1, -0.05) is 19.9 Å². The van der Waals surface area contributed by atoms with Crippen molar-refractivity contribution in [2.24, 2.45) is 5.92 Å². The second-order valence-corrected chi connectivity index (χ2v) is 7.89.